The van der Waals surface area contributed by atoms with E-state index in [4.69, 9.17) is 4.74 Å². The van der Waals surface area contributed by atoms with Gasteiger partial charge in [-0.15, -0.1) is 0 Å². The summed E-state index contributed by atoms with van der Waals surface area (Å²) in [6, 6.07) is 0. The average Bonchev–Trinajstić information content (AvgIpc) is 1.63. The van der Waals surface area contributed by atoms with Gasteiger partial charge in [-0.3, -0.25) is 0 Å². The topological polar surface area (TPSA) is 38.3 Å². The molecule has 0 aliphatic carbocycles. The molecule has 1 N–H and O–H groups in total. The highest BCUT2D eigenvalue weighted by Gasteiger charge is 2.00. The van der Waals surface area contributed by atoms with E-state index >= 15 is 0 Å². The van der Waals surface area contributed by atoms with E-state index in [-0.39, 0.29) is 6.10 Å². The summed E-state index contributed by atoms with van der Waals surface area (Å²) in [5, 5.41) is 2.40. The van der Waals surface area contributed by atoms with Gasteiger partial charge in [-0.1, -0.05) is 0 Å². The lowest BCUT2D eigenvalue weighted by Gasteiger charge is -2.06. The van der Waals surface area contributed by atoms with Crippen LogP contribution in [0.1, 0.15) is 13.8 Å². The van der Waals surface area contributed by atoms with Crippen LogP contribution in [0.15, 0.2) is 0 Å². The molecule has 3 heteroatoms. The first-order valence-corrected chi connectivity index (χ1v) is 2.90. The Morgan fingerprint density at radius 3 is 2.67 bits per heavy atom. The number of hydrogen-bond acceptors (Lipinski definition) is 2. The second kappa shape index (κ2) is 4.18. The Hall–Kier alpha value is -0.730. The minimum Gasteiger partial charge on any atom is -0.447 e. The number of ether oxygens (including phenoxy) is 1. The Morgan fingerprint density at radius 2 is 2.33 bits per heavy atom. The maximum absolute atomic E-state index is 10.5. The van der Waals surface area contributed by atoms with Gasteiger partial charge in [0.05, 0.1) is 6.10 Å². The molecule has 0 saturated carbocycles. The van der Waals surface area contributed by atoms with E-state index in [1.54, 1.807) is 13.8 Å². The van der Waals surface area contributed by atoms with Crippen molar-refractivity contribution < 1.29 is 9.53 Å². The third-order valence-electron chi connectivity index (χ3n) is 0.612. The van der Waals surface area contributed by atoms with Gasteiger partial charge >= 0.3 is 6.09 Å². The summed E-state index contributed by atoms with van der Waals surface area (Å²) in [6.45, 7) is 7.38. The van der Waals surface area contributed by atoms with Crippen LogP contribution in [0.3, 0.4) is 0 Å². The summed E-state index contributed by atoms with van der Waals surface area (Å²) in [4.78, 5) is 10.5. The maximum Gasteiger partial charge on any atom is 0.407 e. The number of hydrogen-bond donors (Lipinski definition) is 1. The Labute approximate surface area is 55.4 Å². The molecule has 0 aromatic heterocycles. The molecule has 0 spiro atoms. The fourth-order valence-corrected chi connectivity index (χ4v) is 0.358. The average molecular weight is 130 g/mol. The van der Waals surface area contributed by atoms with Crippen molar-refractivity contribution in [3.8, 4) is 0 Å². The van der Waals surface area contributed by atoms with Crippen LogP contribution < -0.4 is 5.32 Å². The summed E-state index contributed by atoms with van der Waals surface area (Å²) >= 11 is 0. The molecule has 53 valence electrons. The van der Waals surface area contributed by atoms with E-state index in [0.29, 0.717) is 6.54 Å². The molecule has 3 nitrogen and oxygen atoms in total. The summed E-state index contributed by atoms with van der Waals surface area (Å²) in [5.41, 5.74) is 0. The molecule has 0 aromatic carbocycles. The van der Waals surface area contributed by atoms with Crippen molar-refractivity contribution in [3.05, 3.63) is 6.92 Å². The van der Waals surface area contributed by atoms with Gasteiger partial charge in [-0.05, 0) is 20.8 Å². The second-order valence-electron chi connectivity index (χ2n) is 1.88. The molecule has 0 heterocycles. The van der Waals surface area contributed by atoms with Crippen LogP contribution in [0.4, 0.5) is 4.79 Å². The van der Waals surface area contributed by atoms with E-state index in [9.17, 15) is 4.79 Å². The quantitative estimate of drug-likeness (QED) is 0.604. The van der Waals surface area contributed by atoms with E-state index in [1.807, 2.05) is 0 Å². The third-order valence-corrected chi connectivity index (χ3v) is 0.612. The smallest absolute Gasteiger partial charge is 0.407 e. The van der Waals surface area contributed by atoms with Gasteiger partial charge in [-0.2, -0.15) is 0 Å². The number of carbonyl (C=O) groups excluding carboxylic acids is 1. The number of carbonyl (C=O) groups is 1. The van der Waals surface area contributed by atoms with Gasteiger partial charge < -0.3 is 10.1 Å². The number of rotatable bonds is 2. The number of amides is 1. The highest BCUT2D eigenvalue weighted by molar-refractivity contribution is 5.67. The molecule has 0 aromatic rings. The van der Waals surface area contributed by atoms with E-state index in [2.05, 4.69) is 12.2 Å². The molecule has 0 fully saturated rings. The molecule has 0 aliphatic heterocycles. The fourth-order valence-electron chi connectivity index (χ4n) is 0.358. The first kappa shape index (κ1) is 8.27. The van der Waals surface area contributed by atoms with Crippen LogP contribution in [0.25, 0.3) is 0 Å². The monoisotopic (exact) mass is 130 g/mol. The molecule has 0 aliphatic rings. The SMILES string of the molecule is [CH2]CNC(=O)OC(C)C. The van der Waals surface area contributed by atoms with E-state index in [0.717, 1.165) is 0 Å². The molecule has 0 saturated heterocycles. The van der Waals surface area contributed by atoms with Gasteiger partial charge in [0.25, 0.3) is 0 Å². The summed E-state index contributed by atoms with van der Waals surface area (Å²) in [6.07, 6.45) is -0.462. The molecule has 9 heavy (non-hydrogen) atoms. The zero-order chi connectivity index (χ0) is 7.28. The molecular weight excluding hydrogens is 118 g/mol. The van der Waals surface area contributed by atoms with Crippen LogP contribution in [0.5, 0.6) is 0 Å². The number of nitrogens with one attached hydrogen (secondary N) is 1. The van der Waals surface area contributed by atoms with Crippen LogP contribution in [-0.4, -0.2) is 18.7 Å². The largest absolute Gasteiger partial charge is 0.447 e. The highest BCUT2D eigenvalue weighted by Crippen LogP contribution is 1.86. The Morgan fingerprint density at radius 1 is 1.78 bits per heavy atom. The van der Waals surface area contributed by atoms with Gasteiger partial charge in [0.2, 0.25) is 0 Å². The van der Waals surface area contributed by atoms with Crippen LogP contribution in [-0.2, 0) is 4.74 Å². The maximum atomic E-state index is 10.5. The Kier molecular flexibility index (Phi) is 3.84. The Balaban J connectivity index is 3.27. The summed E-state index contributed by atoms with van der Waals surface area (Å²) in [7, 11) is 0. The predicted molar refractivity (Wildman–Crippen MR) is 35.0 cm³/mol. The van der Waals surface area contributed by atoms with Crippen molar-refractivity contribution in [2.45, 2.75) is 20.0 Å². The molecule has 0 rings (SSSR count). The molecule has 0 unspecified atom stereocenters. The van der Waals surface area contributed by atoms with Crippen molar-refractivity contribution in [1.29, 1.82) is 0 Å². The normalized spacial score (nSPS) is 9.33. The Bertz CT molecular complexity index is 91.1. The minimum atomic E-state index is -0.403. The van der Waals surface area contributed by atoms with Crippen molar-refractivity contribution in [1.82, 2.24) is 5.32 Å². The van der Waals surface area contributed by atoms with Crippen LogP contribution >= 0.6 is 0 Å². The van der Waals surface area contributed by atoms with Gasteiger partial charge in [0, 0.05) is 6.54 Å². The van der Waals surface area contributed by atoms with Gasteiger partial charge in [0.15, 0.2) is 0 Å². The number of alkyl carbamates (subject to hydrolysis) is 1. The van der Waals surface area contributed by atoms with Crippen molar-refractivity contribution in [2.24, 2.45) is 0 Å². The highest BCUT2D eigenvalue weighted by atomic mass is 16.6. The standard InChI is InChI=1S/C6H12NO2/c1-4-7-6(8)9-5(2)3/h5H,1,4H2,2-3H3,(H,7,8). The molecular formula is C6H12NO2. The lowest BCUT2D eigenvalue weighted by Crippen LogP contribution is -2.26. The van der Waals surface area contributed by atoms with E-state index in [1.165, 1.54) is 0 Å². The molecule has 1 radical (unpaired) electrons. The van der Waals surface area contributed by atoms with E-state index < -0.39 is 6.09 Å². The van der Waals surface area contributed by atoms with Gasteiger partial charge in [-0.25, -0.2) is 4.79 Å². The van der Waals surface area contributed by atoms with Crippen molar-refractivity contribution in [3.63, 3.8) is 0 Å². The van der Waals surface area contributed by atoms with Crippen molar-refractivity contribution in [2.75, 3.05) is 6.54 Å². The molecule has 0 bridgehead atoms. The van der Waals surface area contributed by atoms with Crippen LogP contribution in [0.2, 0.25) is 0 Å². The minimum absolute atomic E-state index is 0.0588. The first-order valence-electron chi connectivity index (χ1n) is 2.90. The summed E-state index contributed by atoms with van der Waals surface area (Å²) < 4.78 is 4.70. The fraction of sp³-hybridized carbons (Fsp3) is 0.667. The van der Waals surface area contributed by atoms with Crippen LogP contribution in [0, 0.1) is 6.92 Å². The van der Waals surface area contributed by atoms with Gasteiger partial charge in [0.1, 0.15) is 0 Å². The molecule has 0 atom stereocenters. The summed E-state index contributed by atoms with van der Waals surface area (Å²) in [5.74, 6) is 0. The first-order chi connectivity index (χ1) is 4.16. The lowest BCUT2D eigenvalue weighted by molar-refractivity contribution is 0.116. The zero-order valence-corrected chi connectivity index (χ0v) is 5.81. The second-order valence-corrected chi connectivity index (χ2v) is 1.88. The predicted octanol–water partition coefficient (Wildman–Crippen LogP) is 0.955. The van der Waals surface area contributed by atoms with Crippen molar-refractivity contribution >= 4 is 6.09 Å². The lowest BCUT2D eigenvalue weighted by atomic mass is 10.5. The third kappa shape index (κ3) is 5.14. The molecule has 1 amide bonds. The zero-order valence-electron chi connectivity index (χ0n) is 5.81.